The number of halogens is 2. The predicted molar refractivity (Wildman–Crippen MR) is 71.3 cm³/mol. The first-order chi connectivity index (χ1) is 9.10. The van der Waals surface area contributed by atoms with E-state index >= 15 is 0 Å². The first kappa shape index (κ1) is 13.8. The van der Waals surface area contributed by atoms with Crippen molar-refractivity contribution in [1.82, 2.24) is 15.3 Å². The molecule has 0 atom stereocenters. The van der Waals surface area contributed by atoms with Crippen LogP contribution in [0.3, 0.4) is 0 Å². The van der Waals surface area contributed by atoms with Gasteiger partial charge in [-0.2, -0.15) is 0 Å². The van der Waals surface area contributed by atoms with Gasteiger partial charge in [-0.05, 0) is 6.07 Å². The summed E-state index contributed by atoms with van der Waals surface area (Å²) in [7, 11) is 0. The molecule has 1 amide bonds. The molecule has 0 unspecified atom stereocenters. The quantitative estimate of drug-likeness (QED) is 0.882. The maximum atomic E-state index is 11.8. The number of aromatic nitrogens is 2. The minimum absolute atomic E-state index is 0.165. The van der Waals surface area contributed by atoms with E-state index in [1.165, 1.54) is 12.3 Å². The molecule has 0 aliphatic heterocycles. The number of amides is 1. The Balaban J connectivity index is 1.99. The molecule has 0 aliphatic rings. The van der Waals surface area contributed by atoms with E-state index < -0.39 is 0 Å². The fraction of sp³-hybridized carbons (Fsp3) is 0.250. The second-order valence-corrected chi connectivity index (χ2v) is 4.52. The lowest BCUT2D eigenvalue weighted by atomic mass is 10.2. The first-order valence-corrected chi connectivity index (χ1v) is 6.38. The van der Waals surface area contributed by atoms with E-state index in [1.807, 2.05) is 6.92 Å². The Labute approximate surface area is 119 Å². The standard InChI is InChI=1S/C12H11Cl2N3O2/c1-2-8-5-15-10(19-8)6-17-12(18)7-3-9(13)11(14)16-4-7/h3-5H,2,6H2,1H3,(H,17,18). The molecule has 7 heteroatoms. The Bertz CT molecular complexity index is 598. The minimum atomic E-state index is -0.317. The number of nitrogens with zero attached hydrogens (tertiary/aromatic N) is 2. The highest BCUT2D eigenvalue weighted by molar-refractivity contribution is 6.41. The van der Waals surface area contributed by atoms with Crippen LogP contribution in [-0.4, -0.2) is 15.9 Å². The predicted octanol–water partition coefficient (Wildman–Crippen LogP) is 2.87. The third-order valence-corrected chi connectivity index (χ3v) is 3.09. The maximum absolute atomic E-state index is 11.8. The number of rotatable bonds is 4. The summed E-state index contributed by atoms with van der Waals surface area (Å²) in [5.41, 5.74) is 0.330. The summed E-state index contributed by atoms with van der Waals surface area (Å²) in [6.07, 6.45) is 3.76. The smallest absolute Gasteiger partial charge is 0.253 e. The summed E-state index contributed by atoms with van der Waals surface area (Å²) >= 11 is 11.5. The number of hydrogen-bond donors (Lipinski definition) is 1. The van der Waals surface area contributed by atoms with Crippen molar-refractivity contribution in [3.05, 3.63) is 45.9 Å². The summed E-state index contributed by atoms with van der Waals surface area (Å²) in [5.74, 6) is 0.918. The van der Waals surface area contributed by atoms with E-state index in [2.05, 4.69) is 15.3 Å². The van der Waals surface area contributed by atoms with E-state index in [0.29, 0.717) is 11.5 Å². The van der Waals surface area contributed by atoms with Crippen molar-refractivity contribution in [1.29, 1.82) is 0 Å². The molecule has 2 aromatic rings. The van der Waals surface area contributed by atoms with Gasteiger partial charge in [-0.1, -0.05) is 30.1 Å². The van der Waals surface area contributed by atoms with Crippen LogP contribution in [-0.2, 0) is 13.0 Å². The van der Waals surface area contributed by atoms with E-state index in [4.69, 9.17) is 27.6 Å². The number of hydrogen-bond acceptors (Lipinski definition) is 4. The van der Waals surface area contributed by atoms with Crippen LogP contribution in [0, 0.1) is 0 Å². The molecule has 5 nitrogen and oxygen atoms in total. The normalized spacial score (nSPS) is 10.5. The van der Waals surface area contributed by atoms with Crippen molar-refractivity contribution in [3.8, 4) is 0 Å². The van der Waals surface area contributed by atoms with E-state index in [-0.39, 0.29) is 22.6 Å². The molecule has 0 aliphatic carbocycles. The van der Waals surface area contributed by atoms with Crippen molar-refractivity contribution in [2.45, 2.75) is 19.9 Å². The van der Waals surface area contributed by atoms with Crippen LogP contribution in [0.15, 0.2) is 22.9 Å². The molecule has 0 radical (unpaired) electrons. The highest BCUT2D eigenvalue weighted by atomic mass is 35.5. The topological polar surface area (TPSA) is 68.0 Å². The number of nitrogens with one attached hydrogen (secondary N) is 1. The van der Waals surface area contributed by atoms with Gasteiger partial charge in [-0.15, -0.1) is 0 Å². The van der Waals surface area contributed by atoms with Gasteiger partial charge >= 0.3 is 0 Å². The van der Waals surface area contributed by atoms with Gasteiger partial charge in [-0.25, -0.2) is 9.97 Å². The fourth-order valence-electron chi connectivity index (χ4n) is 1.40. The Hall–Kier alpha value is -1.59. The van der Waals surface area contributed by atoms with Crippen LogP contribution in [0.4, 0.5) is 0 Å². The van der Waals surface area contributed by atoms with Crippen molar-refractivity contribution in [2.24, 2.45) is 0 Å². The van der Waals surface area contributed by atoms with Gasteiger partial charge in [-0.3, -0.25) is 4.79 Å². The maximum Gasteiger partial charge on any atom is 0.253 e. The average Bonchev–Trinajstić information content (AvgIpc) is 2.87. The lowest BCUT2D eigenvalue weighted by Gasteiger charge is -2.03. The zero-order valence-corrected chi connectivity index (χ0v) is 11.6. The summed E-state index contributed by atoms with van der Waals surface area (Å²) in [5, 5.41) is 3.06. The number of pyridine rings is 1. The summed E-state index contributed by atoms with van der Waals surface area (Å²) in [4.78, 5) is 19.7. The monoisotopic (exact) mass is 299 g/mol. The molecule has 0 saturated carbocycles. The third-order valence-electron chi connectivity index (χ3n) is 2.41. The molecule has 0 aromatic carbocycles. The fourth-order valence-corrected chi connectivity index (χ4v) is 1.67. The van der Waals surface area contributed by atoms with Crippen molar-refractivity contribution in [3.63, 3.8) is 0 Å². The van der Waals surface area contributed by atoms with Crippen LogP contribution in [0.5, 0.6) is 0 Å². The van der Waals surface area contributed by atoms with Gasteiger partial charge < -0.3 is 9.73 Å². The van der Waals surface area contributed by atoms with Crippen LogP contribution in [0.25, 0.3) is 0 Å². The van der Waals surface area contributed by atoms with Gasteiger partial charge in [0, 0.05) is 12.6 Å². The summed E-state index contributed by atoms with van der Waals surface area (Å²) in [6.45, 7) is 2.17. The minimum Gasteiger partial charge on any atom is -0.444 e. The molecule has 0 bridgehead atoms. The molecule has 2 rings (SSSR count). The summed E-state index contributed by atoms with van der Waals surface area (Å²) in [6, 6.07) is 1.46. The van der Waals surface area contributed by atoms with Crippen molar-refractivity contribution in [2.75, 3.05) is 0 Å². The molecular formula is C12H11Cl2N3O2. The Morgan fingerprint density at radius 3 is 2.79 bits per heavy atom. The van der Waals surface area contributed by atoms with Crippen LogP contribution in [0.1, 0.15) is 28.9 Å². The van der Waals surface area contributed by atoms with Crippen LogP contribution < -0.4 is 5.32 Å². The van der Waals surface area contributed by atoms with Gasteiger partial charge in [0.1, 0.15) is 10.9 Å². The SMILES string of the molecule is CCc1cnc(CNC(=O)c2cnc(Cl)c(Cl)c2)o1. The first-order valence-electron chi connectivity index (χ1n) is 5.63. The Morgan fingerprint density at radius 1 is 1.37 bits per heavy atom. The van der Waals surface area contributed by atoms with Gasteiger partial charge in [0.05, 0.1) is 23.3 Å². The summed E-state index contributed by atoms with van der Waals surface area (Å²) < 4.78 is 5.37. The lowest BCUT2D eigenvalue weighted by Crippen LogP contribution is -2.23. The van der Waals surface area contributed by atoms with Gasteiger partial charge in [0.25, 0.3) is 5.91 Å². The van der Waals surface area contributed by atoms with E-state index in [9.17, 15) is 4.79 Å². The van der Waals surface area contributed by atoms with E-state index in [0.717, 1.165) is 12.2 Å². The molecule has 2 aromatic heterocycles. The number of carbonyl (C=O) groups is 1. The molecule has 19 heavy (non-hydrogen) atoms. The number of aryl methyl sites for hydroxylation is 1. The van der Waals surface area contributed by atoms with Gasteiger partial charge in [0.15, 0.2) is 0 Å². The van der Waals surface area contributed by atoms with Crippen LogP contribution >= 0.6 is 23.2 Å². The molecule has 1 N–H and O–H groups in total. The average molecular weight is 300 g/mol. The molecule has 0 fully saturated rings. The van der Waals surface area contributed by atoms with Crippen molar-refractivity contribution >= 4 is 29.1 Å². The number of carbonyl (C=O) groups excluding carboxylic acids is 1. The lowest BCUT2D eigenvalue weighted by molar-refractivity contribution is 0.0946. The third kappa shape index (κ3) is 3.45. The molecular weight excluding hydrogens is 289 g/mol. The molecule has 0 spiro atoms. The largest absolute Gasteiger partial charge is 0.444 e. The van der Waals surface area contributed by atoms with Crippen molar-refractivity contribution < 1.29 is 9.21 Å². The molecule has 100 valence electrons. The number of oxazole rings is 1. The Kier molecular flexibility index (Phi) is 4.39. The molecule has 2 heterocycles. The highest BCUT2D eigenvalue weighted by Gasteiger charge is 2.10. The second-order valence-electron chi connectivity index (χ2n) is 3.75. The molecule has 0 saturated heterocycles. The zero-order valence-electron chi connectivity index (χ0n) is 10.1. The van der Waals surface area contributed by atoms with Gasteiger partial charge in [0.2, 0.25) is 5.89 Å². The van der Waals surface area contributed by atoms with E-state index in [1.54, 1.807) is 6.20 Å². The second kappa shape index (κ2) is 6.04. The van der Waals surface area contributed by atoms with Crippen LogP contribution in [0.2, 0.25) is 10.2 Å². The highest BCUT2D eigenvalue weighted by Crippen LogP contribution is 2.19. The Morgan fingerprint density at radius 2 is 2.16 bits per heavy atom. The zero-order chi connectivity index (χ0) is 13.8.